The van der Waals surface area contributed by atoms with Gasteiger partial charge in [0.25, 0.3) is 0 Å². The molecule has 3 amide bonds. The van der Waals surface area contributed by atoms with Crippen molar-refractivity contribution in [2.45, 2.75) is 47.5 Å². The highest BCUT2D eigenvalue weighted by atomic mass is 16.6. The molecule has 0 atom stereocenters. The van der Waals surface area contributed by atoms with Crippen LogP contribution >= 0.6 is 0 Å². The van der Waals surface area contributed by atoms with Gasteiger partial charge < -0.3 is 9.47 Å². The van der Waals surface area contributed by atoms with Gasteiger partial charge in [-0.1, -0.05) is 27.7 Å². The Balaban J connectivity index is 4.36. The largest absolute Gasteiger partial charge is 0.449 e. The summed E-state index contributed by atoms with van der Waals surface area (Å²) in [7, 11) is 0. The number of carbonyl (C=O) groups is 3. The van der Waals surface area contributed by atoms with Crippen LogP contribution in [0.2, 0.25) is 0 Å². The molecule has 0 spiro atoms. The average molecular weight is 287 g/mol. The fourth-order valence-corrected chi connectivity index (χ4v) is 1.22. The van der Waals surface area contributed by atoms with Gasteiger partial charge in [0.1, 0.15) is 0 Å². The van der Waals surface area contributed by atoms with E-state index < -0.39 is 18.1 Å². The van der Waals surface area contributed by atoms with Gasteiger partial charge >= 0.3 is 12.2 Å². The molecule has 0 rings (SSSR count). The zero-order chi connectivity index (χ0) is 15.7. The second-order valence-corrected chi connectivity index (χ2v) is 5.45. The minimum Gasteiger partial charge on any atom is -0.449 e. The molecule has 0 aromatic heterocycles. The summed E-state index contributed by atoms with van der Waals surface area (Å²) in [4.78, 5) is 35.1. The van der Waals surface area contributed by atoms with Gasteiger partial charge in [-0.15, -0.1) is 4.90 Å². The van der Waals surface area contributed by atoms with Gasteiger partial charge in [0.2, 0.25) is 5.91 Å². The molecule has 0 radical (unpaired) electrons. The van der Waals surface area contributed by atoms with Crippen molar-refractivity contribution in [3.05, 3.63) is 0 Å². The summed E-state index contributed by atoms with van der Waals surface area (Å²) in [6.45, 7) is 9.38. The number of rotatable bonds is 6. The lowest BCUT2D eigenvalue weighted by atomic mass is 10.1. The summed E-state index contributed by atoms with van der Waals surface area (Å²) < 4.78 is 9.78. The van der Waals surface area contributed by atoms with Crippen LogP contribution in [0.3, 0.4) is 0 Å². The number of nitrogens with zero attached hydrogens (tertiary/aromatic N) is 1. The predicted molar refractivity (Wildman–Crippen MR) is 74.1 cm³/mol. The predicted octanol–water partition coefficient (Wildman–Crippen LogP) is 3.20. The standard InChI is InChI=1S/C14H25NO5/c1-10(2)6-8-19-13(17)15(12(5)16)14(18)20-9-7-11(3)4/h10-11H,6-9H2,1-5H3. The van der Waals surface area contributed by atoms with E-state index in [1.54, 1.807) is 0 Å². The lowest BCUT2D eigenvalue weighted by Crippen LogP contribution is -2.41. The Morgan fingerprint density at radius 3 is 1.45 bits per heavy atom. The maximum atomic E-state index is 11.7. The maximum Gasteiger partial charge on any atom is 0.426 e. The van der Waals surface area contributed by atoms with Crippen LogP contribution in [0, 0.1) is 11.8 Å². The van der Waals surface area contributed by atoms with Crippen molar-refractivity contribution in [1.29, 1.82) is 0 Å². The van der Waals surface area contributed by atoms with E-state index in [0.717, 1.165) is 6.92 Å². The number of carbonyl (C=O) groups excluding carboxylic acids is 3. The third kappa shape index (κ3) is 7.76. The minimum atomic E-state index is -0.979. The maximum absolute atomic E-state index is 11.7. The quantitative estimate of drug-likeness (QED) is 0.750. The molecular weight excluding hydrogens is 262 g/mol. The molecule has 6 nitrogen and oxygen atoms in total. The van der Waals surface area contributed by atoms with Gasteiger partial charge in [0, 0.05) is 6.92 Å². The summed E-state index contributed by atoms with van der Waals surface area (Å²) in [6, 6.07) is 0. The van der Waals surface area contributed by atoms with E-state index >= 15 is 0 Å². The first kappa shape index (κ1) is 18.4. The van der Waals surface area contributed by atoms with Crippen LogP contribution in [0.15, 0.2) is 0 Å². The number of imide groups is 3. The van der Waals surface area contributed by atoms with Crippen molar-refractivity contribution in [2.24, 2.45) is 11.8 Å². The highest BCUT2D eigenvalue weighted by molar-refractivity contribution is 6.05. The summed E-state index contributed by atoms with van der Waals surface area (Å²) in [5.41, 5.74) is 0. The van der Waals surface area contributed by atoms with Gasteiger partial charge in [-0.2, -0.15) is 0 Å². The van der Waals surface area contributed by atoms with Crippen LogP contribution in [0.4, 0.5) is 9.59 Å². The third-order valence-electron chi connectivity index (χ3n) is 2.52. The van der Waals surface area contributed by atoms with E-state index in [4.69, 9.17) is 9.47 Å². The molecule has 20 heavy (non-hydrogen) atoms. The zero-order valence-electron chi connectivity index (χ0n) is 13.0. The lowest BCUT2D eigenvalue weighted by Gasteiger charge is -2.17. The molecule has 0 aliphatic heterocycles. The van der Waals surface area contributed by atoms with Crippen molar-refractivity contribution >= 4 is 18.1 Å². The Bertz CT molecular complexity index is 312. The Morgan fingerprint density at radius 2 is 1.20 bits per heavy atom. The van der Waals surface area contributed by atoms with Gasteiger partial charge in [0.05, 0.1) is 13.2 Å². The van der Waals surface area contributed by atoms with Gasteiger partial charge in [-0.25, -0.2) is 9.59 Å². The first-order valence-electron chi connectivity index (χ1n) is 6.89. The second-order valence-electron chi connectivity index (χ2n) is 5.45. The number of ether oxygens (including phenoxy) is 2. The molecule has 0 saturated heterocycles. The molecular formula is C14H25NO5. The smallest absolute Gasteiger partial charge is 0.426 e. The number of hydrogen-bond donors (Lipinski definition) is 0. The van der Waals surface area contributed by atoms with E-state index in [2.05, 4.69) is 0 Å². The van der Waals surface area contributed by atoms with Gasteiger partial charge in [-0.3, -0.25) is 4.79 Å². The fourth-order valence-electron chi connectivity index (χ4n) is 1.22. The van der Waals surface area contributed by atoms with Gasteiger partial charge in [0.15, 0.2) is 0 Å². The highest BCUT2D eigenvalue weighted by Crippen LogP contribution is 2.05. The number of hydrogen-bond acceptors (Lipinski definition) is 5. The Morgan fingerprint density at radius 1 is 0.850 bits per heavy atom. The SMILES string of the molecule is CC(=O)N(C(=O)OCCC(C)C)C(=O)OCCC(C)C. The molecule has 6 heteroatoms. The Kier molecular flexibility index (Phi) is 8.59. The first-order chi connectivity index (χ1) is 9.25. The Hall–Kier alpha value is -1.59. The molecule has 0 aromatic carbocycles. The van der Waals surface area contributed by atoms with Crippen LogP contribution in [0.5, 0.6) is 0 Å². The normalized spacial score (nSPS) is 10.6. The number of amides is 3. The van der Waals surface area contributed by atoms with E-state index in [1.807, 2.05) is 27.7 Å². The van der Waals surface area contributed by atoms with Gasteiger partial charge in [-0.05, 0) is 24.7 Å². The minimum absolute atomic E-state index is 0.166. The highest BCUT2D eigenvalue weighted by Gasteiger charge is 2.28. The fraction of sp³-hybridized carbons (Fsp3) is 0.786. The Labute approximate surface area is 120 Å². The van der Waals surface area contributed by atoms with E-state index in [1.165, 1.54) is 0 Å². The van der Waals surface area contributed by atoms with Crippen molar-refractivity contribution < 1.29 is 23.9 Å². The average Bonchev–Trinajstić information content (AvgIpc) is 2.27. The molecule has 116 valence electrons. The summed E-state index contributed by atoms with van der Waals surface area (Å²) in [5.74, 6) is 0.0206. The van der Waals surface area contributed by atoms with E-state index in [0.29, 0.717) is 29.6 Å². The second kappa shape index (κ2) is 9.34. The first-order valence-corrected chi connectivity index (χ1v) is 6.89. The summed E-state index contributed by atoms with van der Waals surface area (Å²) >= 11 is 0. The topological polar surface area (TPSA) is 72.9 Å². The van der Waals surface area contributed by atoms with Crippen molar-refractivity contribution in [3.8, 4) is 0 Å². The zero-order valence-corrected chi connectivity index (χ0v) is 13.0. The molecule has 0 N–H and O–H groups in total. The van der Waals surface area contributed by atoms with Crippen LogP contribution in [0.25, 0.3) is 0 Å². The molecule has 0 aromatic rings. The molecule has 0 fully saturated rings. The van der Waals surface area contributed by atoms with Crippen LogP contribution in [-0.2, 0) is 14.3 Å². The third-order valence-corrected chi connectivity index (χ3v) is 2.52. The molecule has 0 aliphatic carbocycles. The molecule has 0 unspecified atom stereocenters. The van der Waals surface area contributed by atoms with Crippen molar-refractivity contribution in [1.82, 2.24) is 4.90 Å². The molecule has 0 saturated carbocycles. The monoisotopic (exact) mass is 287 g/mol. The van der Waals surface area contributed by atoms with Crippen molar-refractivity contribution in [2.75, 3.05) is 13.2 Å². The van der Waals surface area contributed by atoms with Crippen LogP contribution in [0.1, 0.15) is 47.5 Å². The molecule has 0 heterocycles. The van der Waals surface area contributed by atoms with E-state index in [-0.39, 0.29) is 13.2 Å². The van der Waals surface area contributed by atoms with Crippen LogP contribution in [-0.4, -0.2) is 36.2 Å². The summed E-state index contributed by atoms with van der Waals surface area (Å²) in [5, 5.41) is 0. The summed E-state index contributed by atoms with van der Waals surface area (Å²) in [6.07, 6.45) is -0.625. The van der Waals surface area contributed by atoms with Crippen molar-refractivity contribution in [3.63, 3.8) is 0 Å². The van der Waals surface area contributed by atoms with E-state index in [9.17, 15) is 14.4 Å². The lowest BCUT2D eigenvalue weighted by molar-refractivity contribution is -0.125. The molecule has 0 bridgehead atoms. The van der Waals surface area contributed by atoms with Crippen LogP contribution < -0.4 is 0 Å². The molecule has 0 aliphatic rings.